The molecule has 1 atom stereocenters. The van der Waals surface area contributed by atoms with Gasteiger partial charge in [-0.05, 0) is 24.6 Å². The Morgan fingerprint density at radius 3 is 3.05 bits per heavy atom. The lowest BCUT2D eigenvalue weighted by Gasteiger charge is -2.26. The summed E-state index contributed by atoms with van der Waals surface area (Å²) in [6.45, 7) is 3.72. The fraction of sp³-hybridized carbons (Fsp3) is 0.333. The van der Waals surface area contributed by atoms with Gasteiger partial charge in [0.15, 0.2) is 5.96 Å². The molecule has 1 aliphatic rings. The summed E-state index contributed by atoms with van der Waals surface area (Å²) < 4.78 is 0. The molecule has 0 aliphatic carbocycles. The quantitative estimate of drug-likeness (QED) is 0.945. The number of aromatic nitrogens is 1. The van der Waals surface area contributed by atoms with E-state index >= 15 is 0 Å². The van der Waals surface area contributed by atoms with Crippen molar-refractivity contribution in [2.45, 2.75) is 19.4 Å². The second-order valence-electron chi connectivity index (χ2n) is 4.94. The van der Waals surface area contributed by atoms with Gasteiger partial charge in [-0.25, -0.2) is 0 Å². The van der Waals surface area contributed by atoms with E-state index in [2.05, 4.69) is 21.8 Å². The fourth-order valence-corrected chi connectivity index (χ4v) is 2.95. The van der Waals surface area contributed by atoms with E-state index in [1.807, 2.05) is 24.3 Å². The van der Waals surface area contributed by atoms with E-state index in [1.54, 1.807) is 6.20 Å². The molecule has 0 bridgehead atoms. The molecular formula is C15H17ClN4. The molecule has 2 aromatic rings. The van der Waals surface area contributed by atoms with Gasteiger partial charge >= 0.3 is 0 Å². The summed E-state index contributed by atoms with van der Waals surface area (Å²) in [5.74, 6) is 0.621. The molecule has 4 nitrogen and oxygen atoms in total. The SMILES string of the molecule is CCCN1C(N)=NCC1c1ccc(Cl)c2cccnc12. The van der Waals surface area contributed by atoms with Gasteiger partial charge in [-0.15, -0.1) is 0 Å². The van der Waals surface area contributed by atoms with Crippen LogP contribution in [0.1, 0.15) is 24.9 Å². The maximum Gasteiger partial charge on any atom is 0.191 e. The first-order chi connectivity index (χ1) is 9.72. The maximum atomic E-state index is 6.25. The standard InChI is InChI=1S/C15H17ClN4/c1-2-8-20-13(9-19-15(20)17)11-5-6-12(16)10-4-3-7-18-14(10)11/h3-7,13H,2,8-9H2,1H3,(H2,17,19). The average Bonchev–Trinajstić information content (AvgIpc) is 2.82. The van der Waals surface area contributed by atoms with Crippen LogP contribution in [0.4, 0.5) is 0 Å². The highest BCUT2D eigenvalue weighted by Crippen LogP contribution is 2.33. The Hall–Kier alpha value is -1.81. The number of hydrogen-bond acceptors (Lipinski definition) is 4. The minimum atomic E-state index is 0.157. The molecule has 0 saturated carbocycles. The number of nitrogens with two attached hydrogens (primary N) is 1. The van der Waals surface area contributed by atoms with E-state index < -0.39 is 0 Å². The van der Waals surface area contributed by atoms with Crippen LogP contribution in [0.5, 0.6) is 0 Å². The number of hydrogen-bond donors (Lipinski definition) is 1. The Morgan fingerprint density at radius 1 is 1.40 bits per heavy atom. The number of pyridine rings is 1. The van der Waals surface area contributed by atoms with Gasteiger partial charge in [-0.1, -0.05) is 24.6 Å². The molecule has 0 amide bonds. The highest BCUT2D eigenvalue weighted by molar-refractivity contribution is 6.35. The van der Waals surface area contributed by atoms with Crippen molar-refractivity contribution in [1.82, 2.24) is 9.88 Å². The fourth-order valence-electron chi connectivity index (χ4n) is 2.74. The lowest BCUT2D eigenvalue weighted by molar-refractivity contribution is 0.349. The normalized spacial score (nSPS) is 18.6. The van der Waals surface area contributed by atoms with Gasteiger partial charge in [0.05, 0.1) is 18.1 Å². The molecule has 20 heavy (non-hydrogen) atoms. The van der Waals surface area contributed by atoms with Gasteiger partial charge in [-0.2, -0.15) is 0 Å². The number of benzene rings is 1. The smallest absolute Gasteiger partial charge is 0.191 e. The van der Waals surface area contributed by atoms with Crippen molar-refractivity contribution in [1.29, 1.82) is 0 Å². The lowest BCUT2D eigenvalue weighted by Crippen LogP contribution is -2.36. The summed E-state index contributed by atoms with van der Waals surface area (Å²) in [5.41, 5.74) is 8.08. The second-order valence-corrected chi connectivity index (χ2v) is 5.35. The molecular weight excluding hydrogens is 272 g/mol. The maximum absolute atomic E-state index is 6.25. The number of nitrogens with zero attached hydrogens (tertiary/aromatic N) is 3. The molecule has 2 N–H and O–H groups in total. The largest absolute Gasteiger partial charge is 0.370 e. The zero-order chi connectivity index (χ0) is 14.1. The van der Waals surface area contributed by atoms with Crippen LogP contribution in [-0.2, 0) is 0 Å². The molecule has 104 valence electrons. The van der Waals surface area contributed by atoms with Crippen molar-refractivity contribution in [3.63, 3.8) is 0 Å². The highest BCUT2D eigenvalue weighted by atomic mass is 35.5. The van der Waals surface area contributed by atoms with Crippen molar-refractivity contribution < 1.29 is 0 Å². The molecule has 1 aliphatic heterocycles. The van der Waals surface area contributed by atoms with Crippen LogP contribution >= 0.6 is 11.6 Å². The summed E-state index contributed by atoms with van der Waals surface area (Å²) in [6, 6.07) is 8.03. The van der Waals surface area contributed by atoms with Crippen molar-refractivity contribution in [2.75, 3.05) is 13.1 Å². The first-order valence-corrected chi connectivity index (χ1v) is 7.20. The summed E-state index contributed by atoms with van der Waals surface area (Å²) in [6.07, 6.45) is 2.83. The zero-order valence-electron chi connectivity index (χ0n) is 11.4. The molecule has 0 fully saturated rings. The van der Waals surface area contributed by atoms with Gasteiger partial charge in [-0.3, -0.25) is 9.98 Å². The van der Waals surface area contributed by atoms with E-state index in [4.69, 9.17) is 17.3 Å². The van der Waals surface area contributed by atoms with Gasteiger partial charge in [0, 0.05) is 28.7 Å². The molecule has 1 unspecified atom stereocenters. The Bertz CT molecular complexity index is 668. The third-order valence-corrected chi connectivity index (χ3v) is 4.00. The number of guanidine groups is 1. The molecule has 5 heteroatoms. The van der Waals surface area contributed by atoms with Crippen LogP contribution in [0, 0.1) is 0 Å². The minimum Gasteiger partial charge on any atom is -0.370 e. The van der Waals surface area contributed by atoms with Crippen LogP contribution in [0.15, 0.2) is 35.5 Å². The zero-order valence-corrected chi connectivity index (χ0v) is 12.1. The number of rotatable bonds is 3. The van der Waals surface area contributed by atoms with Crippen molar-refractivity contribution in [3.05, 3.63) is 41.0 Å². The van der Waals surface area contributed by atoms with E-state index in [-0.39, 0.29) is 6.04 Å². The van der Waals surface area contributed by atoms with E-state index in [1.165, 1.54) is 0 Å². The highest BCUT2D eigenvalue weighted by Gasteiger charge is 2.28. The molecule has 3 rings (SSSR count). The van der Waals surface area contributed by atoms with E-state index in [9.17, 15) is 0 Å². The second kappa shape index (κ2) is 5.29. The van der Waals surface area contributed by atoms with Gasteiger partial charge in [0.25, 0.3) is 0 Å². The number of fused-ring (bicyclic) bond motifs is 1. The molecule has 0 spiro atoms. The van der Waals surface area contributed by atoms with Crippen molar-refractivity contribution in [3.8, 4) is 0 Å². The summed E-state index contributed by atoms with van der Waals surface area (Å²) in [4.78, 5) is 11.0. The molecule has 2 heterocycles. The topological polar surface area (TPSA) is 54.5 Å². The molecule has 0 radical (unpaired) electrons. The average molecular weight is 289 g/mol. The molecule has 0 saturated heterocycles. The Labute approximate surface area is 123 Å². The summed E-state index contributed by atoms with van der Waals surface area (Å²) in [7, 11) is 0. The van der Waals surface area contributed by atoms with Crippen LogP contribution in [0.3, 0.4) is 0 Å². The Kier molecular flexibility index (Phi) is 3.49. The van der Waals surface area contributed by atoms with Gasteiger partial charge < -0.3 is 10.6 Å². The van der Waals surface area contributed by atoms with Gasteiger partial charge in [0.2, 0.25) is 0 Å². The van der Waals surface area contributed by atoms with E-state index in [0.29, 0.717) is 12.5 Å². The first kappa shape index (κ1) is 13.2. The van der Waals surface area contributed by atoms with Crippen LogP contribution in [0.2, 0.25) is 5.02 Å². The number of aliphatic imine (C=N–C) groups is 1. The monoisotopic (exact) mass is 288 g/mol. The third-order valence-electron chi connectivity index (χ3n) is 3.67. The first-order valence-electron chi connectivity index (χ1n) is 6.82. The summed E-state index contributed by atoms with van der Waals surface area (Å²) in [5, 5.41) is 1.71. The van der Waals surface area contributed by atoms with Crippen LogP contribution in [0.25, 0.3) is 10.9 Å². The Balaban J connectivity index is 2.09. The predicted octanol–water partition coefficient (Wildman–Crippen LogP) is 2.97. The van der Waals surface area contributed by atoms with Crippen molar-refractivity contribution >= 4 is 28.5 Å². The van der Waals surface area contributed by atoms with Gasteiger partial charge in [0.1, 0.15) is 0 Å². The Morgan fingerprint density at radius 2 is 2.25 bits per heavy atom. The van der Waals surface area contributed by atoms with Crippen LogP contribution in [-0.4, -0.2) is 28.9 Å². The lowest BCUT2D eigenvalue weighted by atomic mass is 10.0. The molecule has 1 aromatic carbocycles. The minimum absolute atomic E-state index is 0.157. The molecule has 1 aromatic heterocycles. The van der Waals surface area contributed by atoms with E-state index in [0.717, 1.165) is 34.5 Å². The van der Waals surface area contributed by atoms with Crippen molar-refractivity contribution in [2.24, 2.45) is 10.7 Å². The summed E-state index contributed by atoms with van der Waals surface area (Å²) >= 11 is 6.25. The van der Waals surface area contributed by atoms with Crippen LogP contribution < -0.4 is 5.73 Å². The predicted molar refractivity (Wildman–Crippen MR) is 83.0 cm³/mol. The number of halogens is 1. The third kappa shape index (κ3) is 2.10.